The maximum atomic E-state index is 11.7. The van der Waals surface area contributed by atoms with Gasteiger partial charge >= 0.3 is 19.5 Å². The molecule has 0 atom stereocenters. The van der Waals surface area contributed by atoms with Crippen LogP contribution in [-0.4, -0.2) is 5.78 Å². The summed E-state index contributed by atoms with van der Waals surface area (Å²) in [5.74, 6) is -0.0237. The average molecular weight is 308 g/mol. The van der Waals surface area contributed by atoms with Crippen molar-refractivity contribution in [1.29, 1.82) is 0 Å². The smallest absolute Gasteiger partial charge is 0.347 e. The molecule has 0 saturated carbocycles. The quantitative estimate of drug-likeness (QED) is 0.368. The second-order valence-electron chi connectivity index (χ2n) is 3.38. The molecule has 1 nitrogen and oxygen atoms in total. The van der Waals surface area contributed by atoms with Crippen LogP contribution in [0.25, 0.3) is 6.08 Å². The molecule has 0 saturated heterocycles. The van der Waals surface area contributed by atoms with Gasteiger partial charge in [-0.3, -0.25) is 0 Å². The van der Waals surface area contributed by atoms with Crippen LogP contribution in [0.2, 0.25) is 0 Å². The SMILES string of the molecule is O=C(/C=C/c1ccccc1)c1[c-]cccc1.[Ru+]. The molecule has 0 aliphatic carbocycles. The number of hydrogen-bond acceptors (Lipinski definition) is 1. The Morgan fingerprint density at radius 1 is 1.00 bits per heavy atom. The molecule has 1 radical (unpaired) electrons. The van der Waals surface area contributed by atoms with Gasteiger partial charge in [-0.2, -0.15) is 0 Å². The first-order valence-electron chi connectivity index (χ1n) is 5.10. The van der Waals surface area contributed by atoms with Crippen molar-refractivity contribution in [2.45, 2.75) is 0 Å². The topological polar surface area (TPSA) is 17.1 Å². The van der Waals surface area contributed by atoms with Crippen molar-refractivity contribution in [2.75, 3.05) is 0 Å². The molecule has 0 aliphatic heterocycles. The van der Waals surface area contributed by atoms with Gasteiger partial charge < -0.3 is 4.79 Å². The molecular formula is C15H11ORu. The van der Waals surface area contributed by atoms with Gasteiger partial charge in [0.2, 0.25) is 0 Å². The number of benzene rings is 2. The fourth-order valence-electron chi connectivity index (χ4n) is 1.37. The minimum atomic E-state index is -0.0237. The number of carbonyl (C=O) groups is 1. The van der Waals surface area contributed by atoms with Crippen LogP contribution in [0.3, 0.4) is 0 Å². The standard InChI is InChI=1S/C15H11O.Ru/c16-15(14-9-5-2-6-10-14)12-11-13-7-3-1-4-8-13;/h1-9,11-12H;/q-1;+1/b12-11+;. The third kappa shape index (κ3) is 4.09. The van der Waals surface area contributed by atoms with E-state index in [0.717, 1.165) is 5.56 Å². The van der Waals surface area contributed by atoms with E-state index in [9.17, 15) is 4.79 Å². The van der Waals surface area contributed by atoms with Crippen molar-refractivity contribution in [3.63, 3.8) is 0 Å². The predicted octanol–water partition coefficient (Wildman–Crippen LogP) is 3.38. The van der Waals surface area contributed by atoms with Crippen LogP contribution in [0, 0.1) is 6.07 Å². The van der Waals surface area contributed by atoms with E-state index in [0.29, 0.717) is 5.56 Å². The number of ketones is 1. The van der Waals surface area contributed by atoms with Crippen molar-refractivity contribution in [3.8, 4) is 0 Å². The zero-order valence-electron chi connectivity index (χ0n) is 9.11. The molecule has 0 unspecified atom stereocenters. The van der Waals surface area contributed by atoms with Crippen LogP contribution in [0.15, 0.2) is 60.7 Å². The first-order valence-corrected chi connectivity index (χ1v) is 5.10. The van der Waals surface area contributed by atoms with Gasteiger partial charge in [-0.1, -0.05) is 42.5 Å². The van der Waals surface area contributed by atoms with Gasteiger partial charge in [0.15, 0.2) is 0 Å². The van der Waals surface area contributed by atoms with E-state index in [2.05, 4.69) is 6.07 Å². The fourth-order valence-corrected chi connectivity index (χ4v) is 1.37. The molecule has 0 spiro atoms. The summed E-state index contributed by atoms with van der Waals surface area (Å²) in [6.45, 7) is 0. The molecule has 85 valence electrons. The zero-order valence-corrected chi connectivity index (χ0v) is 10.9. The summed E-state index contributed by atoms with van der Waals surface area (Å²) in [6, 6.07) is 19.8. The van der Waals surface area contributed by atoms with Crippen LogP contribution in [0.1, 0.15) is 15.9 Å². The van der Waals surface area contributed by atoms with Crippen molar-refractivity contribution in [2.24, 2.45) is 0 Å². The normalized spacial score (nSPS) is 9.88. The van der Waals surface area contributed by atoms with E-state index in [1.807, 2.05) is 48.5 Å². The molecule has 0 bridgehead atoms. The summed E-state index contributed by atoms with van der Waals surface area (Å²) in [7, 11) is 0. The van der Waals surface area contributed by atoms with Gasteiger partial charge in [0.05, 0.1) is 0 Å². The number of hydrogen-bond donors (Lipinski definition) is 0. The van der Waals surface area contributed by atoms with Gasteiger partial charge in [0, 0.05) is 0 Å². The first-order chi connectivity index (χ1) is 7.86. The molecule has 0 amide bonds. The maximum Gasteiger partial charge on any atom is 1.00 e. The van der Waals surface area contributed by atoms with Crippen molar-refractivity contribution in [1.82, 2.24) is 0 Å². The Labute approximate surface area is 114 Å². The fraction of sp³-hybridized carbons (Fsp3) is 0. The minimum absolute atomic E-state index is 0. The summed E-state index contributed by atoms with van der Waals surface area (Å²) in [4.78, 5) is 11.7. The van der Waals surface area contributed by atoms with Crippen molar-refractivity contribution in [3.05, 3.63) is 77.9 Å². The summed E-state index contributed by atoms with van der Waals surface area (Å²) >= 11 is 0. The number of carbonyl (C=O) groups excluding carboxylic acids is 1. The van der Waals surface area contributed by atoms with Crippen molar-refractivity contribution >= 4 is 11.9 Å². The molecule has 0 fully saturated rings. The van der Waals surface area contributed by atoms with E-state index in [1.165, 1.54) is 0 Å². The molecule has 17 heavy (non-hydrogen) atoms. The van der Waals surface area contributed by atoms with E-state index in [1.54, 1.807) is 18.2 Å². The van der Waals surface area contributed by atoms with Gasteiger partial charge in [0.25, 0.3) is 0 Å². The second kappa shape index (κ2) is 6.93. The third-order valence-corrected chi connectivity index (χ3v) is 2.20. The van der Waals surface area contributed by atoms with E-state index in [-0.39, 0.29) is 25.3 Å². The zero-order chi connectivity index (χ0) is 11.2. The monoisotopic (exact) mass is 309 g/mol. The summed E-state index contributed by atoms with van der Waals surface area (Å²) < 4.78 is 0. The Kier molecular flexibility index (Phi) is 5.52. The number of rotatable bonds is 3. The first kappa shape index (κ1) is 13.5. The van der Waals surface area contributed by atoms with Gasteiger partial charge in [-0.25, -0.2) is 0 Å². The Morgan fingerprint density at radius 2 is 1.71 bits per heavy atom. The van der Waals surface area contributed by atoms with Crippen molar-refractivity contribution < 1.29 is 24.3 Å². The summed E-state index contributed by atoms with van der Waals surface area (Å²) in [5.41, 5.74) is 1.61. The number of allylic oxidation sites excluding steroid dienone is 1. The molecule has 2 aromatic carbocycles. The maximum absolute atomic E-state index is 11.7. The van der Waals surface area contributed by atoms with Gasteiger partial charge in [-0.05, 0) is 5.56 Å². The van der Waals surface area contributed by atoms with Crippen LogP contribution in [0.5, 0.6) is 0 Å². The van der Waals surface area contributed by atoms with Crippen LogP contribution in [-0.2, 0) is 19.5 Å². The predicted molar refractivity (Wildman–Crippen MR) is 65.1 cm³/mol. The summed E-state index contributed by atoms with van der Waals surface area (Å²) in [6.07, 6.45) is 3.38. The molecule has 0 N–H and O–H groups in total. The van der Waals surface area contributed by atoms with Gasteiger partial charge in [0.1, 0.15) is 5.78 Å². The minimum Gasteiger partial charge on any atom is -0.347 e. The third-order valence-electron chi connectivity index (χ3n) is 2.20. The molecule has 2 rings (SSSR count). The Bertz CT molecular complexity index is 489. The molecule has 2 heteroatoms. The van der Waals surface area contributed by atoms with E-state index in [4.69, 9.17) is 0 Å². The Hall–Kier alpha value is -1.53. The molecule has 0 aromatic heterocycles. The van der Waals surface area contributed by atoms with Crippen LogP contribution >= 0.6 is 0 Å². The molecule has 0 heterocycles. The molecular weight excluding hydrogens is 297 g/mol. The van der Waals surface area contributed by atoms with Crippen LogP contribution in [0.4, 0.5) is 0 Å². The van der Waals surface area contributed by atoms with Gasteiger partial charge in [-0.15, -0.1) is 35.9 Å². The van der Waals surface area contributed by atoms with Crippen LogP contribution < -0.4 is 0 Å². The Morgan fingerprint density at radius 3 is 2.35 bits per heavy atom. The van der Waals surface area contributed by atoms with E-state index >= 15 is 0 Å². The largest absolute Gasteiger partial charge is 1.00 e. The van der Waals surface area contributed by atoms with E-state index < -0.39 is 0 Å². The molecule has 2 aromatic rings. The second-order valence-corrected chi connectivity index (χ2v) is 3.38. The average Bonchev–Trinajstić information content (AvgIpc) is 2.38. The Balaban J connectivity index is 0.00000144. The molecule has 0 aliphatic rings. The summed E-state index contributed by atoms with van der Waals surface area (Å²) in [5, 5.41) is 0.